The molecule has 0 aliphatic rings. The van der Waals surface area contributed by atoms with Gasteiger partial charge in [0.2, 0.25) is 0 Å². The molecule has 106 valence electrons. The van der Waals surface area contributed by atoms with E-state index >= 15 is 0 Å². The molecule has 0 aliphatic carbocycles. The second kappa shape index (κ2) is 6.00. The number of carbonyl (C=O) groups is 1. The monoisotopic (exact) mass is 337 g/mol. The molecule has 20 heavy (non-hydrogen) atoms. The Labute approximate surface area is 125 Å². The fourth-order valence-corrected chi connectivity index (χ4v) is 2.47. The minimum Gasteiger partial charge on any atom is -0.496 e. The SMILES string of the molecule is CCn1cc(N)cc1C(=O)Nc1ccc(OC)c(Br)c1. The highest BCUT2D eigenvalue weighted by Crippen LogP contribution is 2.28. The maximum absolute atomic E-state index is 12.2. The van der Waals surface area contributed by atoms with E-state index in [0.29, 0.717) is 29.4 Å². The Morgan fingerprint density at radius 3 is 2.80 bits per heavy atom. The van der Waals surface area contributed by atoms with Crippen molar-refractivity contribution < 1.29 is 9.53 Å². The van der Waals surface area contributed by atoms with E-state index in [9.17, 15) is 4.79 Å². The molecule has 0 radical (unpaired) electrons. The zero-order valence-corrected chi connectivity index (χ0v) is 12.9. The largest absolute Gasteiger partial charge is 0.496 e. The Balaban J connectivity index is 2.21. The Morgan fingerprint density at radius 2 is 2.20 bits per heavy atom. The summed E-state index contributed by atoms with van der Waals surface area (Å²) in [5, 5.41) is 2.84. The summed E-state index contributed by atoms with van der Waals surface area (Å²) in [5.41, 5.74) is 7.52. The van der Waals surface area contributed by atoms with Gasteiger partial charge < -0.3 is 20.4 Å². The lowest BCUT2D eigenvalue weighted by Gasteiger charge is -2.09. The smallest absolute Gasteiger partial charge is 0.272 e. The Hall–Kier alpha value is -1.95. The van der Waals surface area contributed by atoms with E-state index in [0.717, 1.165) is 4.47 Å². The van der Waals surface area contributed by atoms with Crippen molar-refractivity contribution in [1.29, 1.82) is 0 Å². The molecule has 0 saturated heterocycles. The van der Waals surface area contributed by atoms with E-state index in [-0.39, 0.29) is 5.91 Å². The van der Waals surface area contributed by atoms with Crippen molar-refractivity contribution in [2.45, 2.75) is 13.5 Å². The van der Waals surface area contributed by atoms with Gasteiger partial charge in [0.25, 0.3) is 5.91 Å². The van der Waals surface area contributed by atoms with Crippen molar-refractivity contribution >= 4 is 33.2 Å². The van der Waals surface area contributed by atoms with Crippen LogP contribution < -0.4 is 15.8 Å². The van der Waals surface area contributed by atoms with E-state index in [1.165, 1.54) is 0 Å². The number of benzene rings is 1. The second-order valence-corrected chi connectivity index (χ2v) is 5.10. The van der Waals surface area contributed by atoms with Crippen molar-refractivity contribution in [3.8, 4) is 5.75 Å². The molecule has 0 aliphatic heterocycles. The predicted molar refractivity (Wildman–Crippen MR) is 83.2 cm³/mol. The number of aromatic nitrogens is 1. The summed E-state index contributed by atoms with van der Waals surface area (Å²) in [6.07, 6.45) is 1.75. The average molecular weight is 338 g/mol. The van der Waals surface area contributed by atoms with E-state index < -0.39 is 0 Å². The van der Waals surface area contributed by atoms with Crippen molar-refractivity contribution in [2.24, 2.45) is 0 Å². The summed E-state index contributed by atoms with van der Waals surface area (Å²) in [7, 11) is 1.59. The highest BCUT2D eigenvalue weighted by atomic mass is 79.9. The van der Waals surface area contributed by atoms with E-state index in [2.05, 4.69) is 21.2 Å². The molecule has 1 aromatic carbocycles. The summed E-state index contributed by atoms with van der Waals surface area (Å²) in [6, 6.07) is 7.02. The average Bonchev–Trinajstić information content (AvgIpc) is 2.80. The lowest BCUT2D eigenvalue weighted by Crippen LogP contribution is -2.16. The summed E-state index contributed by atoms with van der Waals surface area (Å²) >= 11 is 3.38. The van der Waals surface area contributed by atoms with Crippen LogP contribution in [0.3, 0.4) is 0 Å². The van der Waals surface area contributed by atoms with E-state index in [4.69, 9.17) is 10.5 Å². The van der Waals surface area contributed by atoms with Crippen LogP contribution in [0.1, 0.15) is 17.4 Å². The summed E-state index contributed by atoms with van der Waals surface area (Å²) < 4.78 is 7.74. The van der Waals surface area contributed by atoms with Gasteiger partial charge in [-0.15, -0.1) is 0 Å². The van der Waals surface area contributed by atoms with Crippen LogP contribution >= 0.6 is 15.9 Å². The second-order valence-electron chi connectivity index (χ2n) is 4.25. The molecule has 2 rings (SSSR count). The minimum atomic E-state index is -0.194. The molecular weight excluding hydrogens is 322 g/mol. The molecule has 5 nitrogen and oxygen atoms in total. The number of rotatable bonds is 4. The number of ether oxygens (including phenoxy) is 1. The lowest BCUT2D eigenvalue weighted by atomic mass is 10.3. The van der Waals surface area contributed by atoms with Gasteiger partial charge in [-0.1, -0.05) is 0 Å². The first-order valence-corrected chi connectivity index (χ1v) is 6.95. The molecular formula is C14H16BrN3O2. The van der Waals surface area contributed by atoms with Crippen LogP contribution in [0.5, 0.6) is 5.75 Å². The maximum atomic E-state index is 12.2. The summed E-state index contributed by atoms with van der Waals surface area (Å²) in [6.45, 7) is 2.65. The fourth-order valence-electron chi connectivity index (χ4n) is 1.92. The van der Waals surface area contributed by atoms with Crippen LogP contribution in [0, 0.1) is 0 Å². The Bertz CT molecular complexity index is 637. The number of anilines is 2. The van der Waals surface area contributed by atoms with Crippen LogP contribution in [0.15, 0.2) is 34.9 Å². The molecule has 3 N–H and O–H groups in total. The number of hydrogen-bond donors (Lipinski definition) is 2. The predicted octanol–water partition coefficient (Wildman–Crippen LogP) is 3.11. The highest BCUT2D eigenvalue weighted by Gasteiger charge is 2.13. The van der Waals surface area contributed by atoms with Gasteiger partial charge in [-0.2, -0.15) is 0 Å². The number of methoxy groups -OCH3 is 1. The third-order valence-corrected chi connectivity index (χ3v) is 3.52. The van der Waals surface area contributed by atoms with Crippen molar-refractivity contribution in [1.82, 2.24) is 4.57 Å². The Kier molecular flexibility index (Phi) is 4.34. The summed E-state index contributed by atoms with van der Waals surface area (Å²) in [5.74, 6) is 0.518. The number of nitrogens with one attached hydrogen (secondary N) is 1. The van der Waals surface area contributed by atoms with Crippen LogP contribution in [-0.2, 0) is 6.54 Å². The molecule has 2 aromatic rings. The molecule has 1 aromatic heterocycles. The van der Waals surface area contributed by atoms with Gasteiger partial charge in [0, 0.05) is 18.4 Å². The first kappa shape index (κ1) is 14.5. The fraction of sp³-hybridized carbons (Fsp3) is 0.214. The van der Waals surface area contributed by atoms with Gasteiger partial charge in [-0.25, -0.2) is 0 Å². The topological polar surface area (TPSA) is 69.3 Å². The van der Waals surface area contributed by atoms with Gasteiger partial charge in [-0.05, 0) is 47.1 Å². The summed E-state index contributed by atoms with van der Waals surface area (Å²) in [4.78, 5) is 12.2. The highest BCUT2D eigenvalue weighted by molar-refractivity contribution is 9.10. The molecule has 1 amide bonds. The number of nitrogens with zero attached hydrogens (tertiary/aromatic N) is 1. The number of nitrogen functional groups attached to an aromatic ring is 1. The minimum absolute atomic E-state index is 0.194. The molecule has 0 saturated carbocycles. The number of carbonyl (C=O) groups excluding carboxylic acids is 1. The van der Waals surface area contributed by atoms with Crippen molar-refractivity contribution in [2.75, 3.05) is 18.2 Å². The molecule has 1 heterocycles. The molecule has 0 bridgehead atoms. The number of aryl methyl sites for hydroxylation is 1. The Morgan fingerprint density at radius 1 is 1.45 bits per heavy atom. The third-order valence-electron chi connectivity index (χ3n) is 2.90. The van der Waals surface area contributed by atoms with Gasteiger partial charge in [0.15, 0.2) is 0 Å². The molecule has 0 fully saturated rings. The number of nitrogens with two attached hydrogens (primary N) is 1. The van der Waals surface area contributed by atoms with Crippen LogP contribution in [-0.4, -0.2) is 17.6 Å². The van der Waals surface area contributed by atoms with Gasteiger partial charge in [0.1, 0.15) is 11.4 Å². The first-order chi connectivity index (χ1) is 9.55. The molecule has 0 unspecified atom stereocenters. The molecule has 6 heteroatoms. The molecule has 0 spiro atoms. The van der Waals surface area contributed by atoms with Crippen LogP contribution in [0.25, 0.3) is 0 Å². The van der Waals surface area contributed by atoms with Gasteiger partial charge in [0.05, 0.1) is 17.3 Å². The first-order valence-electron chi connectivity index (χ1n) is 6.15. The quantitative estimate of drug-likeness (QED) is 0.900. The zero-order valence-electron chi connectivity index (χ0n) is 11.3. The normalized spacial score (nSPS) is 10.3. The number of hydrogen-bond acceptors (Lipinski definition) is 3. The van der Waals surface area contributed by atoms with E-state index in [1.807, 2.05) is 11.5 Å². The maximum Gasteiger partial charge on any atom is 0.272 e. The number of halogens is 1. The third kappa shape index (κ3) is 2.96. The standard InChI is InChI=1S/C14H16BrN3O2/c1-3-18-8-9(16)6-12(18)14(19)17-10-4-5-13(20-2)11(15)7-10/h4-8H,3,16H2,1-2H3,(H,17,19). The lowest BCUT2D eigenvalue weighted by molar-refractivity contribution is 0.101. The van der Waals surface area contributed by atoms with E-state index in [1.54, 1.807) is 37.6 Å². The van der Waals surface area contributed by atoms with Crippen molar-refractivity contribution in [3.63, 3.8) is 0 Å². The molecule has 0 atom stereocenters. The number of amides is 1. The van der Waals surface area contributed by atoms with Crippen molar-refractivity contribution in [3.05, 3.63) is 40.6 Å². The van der Waals surface area contributed by atoms with Crippen LogP contribution in [0.4, 0.5) is 11.4 Å². The zero-order chi connectivity index (χ0) is 14.7. The van der Waals surface area contributed by atoms with Crippen LogP contribution in [0.2, 0.25) is 0 Å². The van der Waals surface area contributed by atoms with Gasteiger partial charge >= 0.3 is 0 Å². The van der Waals surface area contributed by atoms with Gasteiger partial charge in [-0.3, -0.25) is 4.79 Å².